The lowest BCUT2D eigenvalue weighted by atomic mass is 10.1. The Bertz CT molecular complexity index is 427. The fourth-order valence-electron chi connectivity index (χ4n) is 1.42. The molecule has 0 aliphatic heterocycles. The van der Waals surface area contributed by atoms with Gasteiger partial charge in [-0.3, -0.25) is 9.59 Å². The van der Waals surface area contributed by atoms with Gasteiger partial charge in [0.1, 0.15) is 5.75 Å². The highest BCUT2D eigenvalue weighted by Crippen LogP contribution is 2.14. The Balaban J connectivity index is 2.42. The predicted octanol–water partition coefficient (Wildman–Crippen LogP) is 1.80. The van der Waals surface area contributed by atoms with Crippen molar-refractivity contribution in [3.8, 4) is 5.75 Å². The van der Waals surface area contributed by atoms with Gasteiger partial charge in [0.05, 0.1) is 7.11 Å². The molecule has 5 heteroatoms. The van der Waals surface area contributed by atoms with Gasteiger partial charge < -0.3 is 15.4 Å². The van der Waals surface area contributed by atoms with Crippen LogP contribution in [0.2, 0.25) is 0 Å². The van der Waals surface area contributed by atoms with Crippen LogP contribution in [0.4, 0.5) is 5.69 Å². The van der Waals surface area contributed by atoms with E-state index in [1.54, 1.807) is 31.4 Å². The summed E-state index contributed by atoms with van der Waals surface area (Å²) in [5.74, 6) is -0.0882. The molecule has 0 fully saturated rings. The minimum absolute atomic E-state index is 0.491. The molecule has 2 N–H and O–H groups in total. The summed E-state index contributed by atoms with van der Waals surface area (Å²) in [6.45, 7) is 4.62. The Labute approximate surface area is 113 Å². The monoisotopic (exact) mass is 264 g/mol. The van der Waals surface area contributed by atoms with Crippen molar-refractivity contribution in [2.24, 2.45) is 5.92 Å². The average Bonchev–Trinajstić information content (AvgIpc) is 2.39. The van der Waals surface area contributed by atoms with E-state index < -0.39 is 11.8 Å². The molecule has 0 atom stereocenters. The first-order valence-corrected chi connectivity index (χ1v) is 6.26. The maximum absolute atomic E-state index is 11.6. The predicted molar refractivity (Wildman–Crippen MR) is 74.1 cm³/mol. The Kier molecular flexibility index (Phi) is 5.85. The molecule has 0 unspecified atom stereocenters. The number of carbonyl (C=O) groups is 2. The zero-order valence-electron chi connectivity index (χ0n) is 11.5. The lowest BCUT2D eigenvalue weighted by Gasteiger charge is -2.08. The van der Waals surface area contributed by atoms with Gasteiger partial charge in [0.15, 0.2) is 0 Å². The van der Waals surface area contributed by atoms with E-state index in [2.05, 4.69) is 24.5 Å². The van der Waals surface area contributed by atoms with Gasteiger partial charge in [-0.05, 0) is 36.6 Å². The largest absolute Gasteiger partial charge is 0.497 e. The van der Waals surface area contributed by atoms with E-state index in [1.807, 2.05) is 0 Å². The van der Waals surface area contributed by atoms with Gasteiger partial charge in [-0.25, -0.2) is 0 Å². The third-order valence-electron chi connectivity index (χ3n) is 2.56. The lowest BCUT2D eigenvalue weighted by Crippen LogP contribution is -2.36. The Morgan fingerprint density at radius 2 is 1.79 bits per heavy atom. The second-order valence-corrected chi connectivity index (χ2v) is 4.62. The number of hydrogen-bond donors (Lipinski definition) is 2. The number of rotatable bonds is 5. The van der Waals surface area contributed by atoms with Gasteiger partial charge in [0.25, 0.3) is 0 Å². The molecule has 0 saturated carbocycles. The van der Waals surface area contributed by atoms with Gasteiger partial charge >= 0.3 is 11.8 Å². The van der Waals surface area contributed by atoms with Crippen LogP contribution >= 0.6 is 0 Å². The normalized spacial score (nSPS) is 10.1. The van der Waals surface area contributed by atoms with Crippen LogP contribution in [0, 0.1) is 5.92 Å². The van der Waals surface area contributed by atoms with Gasteiger partial charge in [-0.2, -0.15) is 0 Å². The highest BCUT2D eigenvalue weighted by molar-refractivity contribution is 6.39. The van der Waals surface area contributed by atoms with E-state index >= 15 is 0 Å². The molecule has 2 amide bonds. The summed E-state index contributed by atoms with van der Waals surface area (Å²) in [5.41, 5.74) is 0.560. The highest BCUT2D eigenvalue weighted by Gasteiger charge is 2.13. The molecule has 1 aromatic carbocycles. The van der Waals surface area contributed by atoms with Crippen molar-refractivity contribution in [2.75, 3.05) is 19.0 Å². The van der Waals surface area contributed by atoms with E-state index in [1.165, 1.54) is 0 Å². The SMILES string of the molecule is COc1ccc(NC(=O)C(=O)NCCC(C)C)cc1. The minimum Gasteiger partial charge on any atom is -0.497 e. The Morgan fingerprint density at radius 1 is 1.16 bits per heavy atom. The number of nitrogens with one attached hydrogen (secondary N) is 2. The first-order chi connectivity index (χ1) is 9.02. The maximum Gasteiger partial charge on any atom is 0.313 e. The van der Waals surface area contributed by atoms with Gasteiger partial charge in [0.2, 0.25) is 0 Å². The van der Waals surface area contributed by atoms with Gasteiger partial charge in [-0.15, -0.1) is 0 Å². The molecule has 104 valence electrons. The third kappa shape index (κ3) is 5.42. The van der Waals surface area contributed by atoms with Crippen LogP contribution in [0.5, 0.6) is 5.75 Å². The molecular formula is C14H20N2O3. The topological polar surface area (TPSA) is 67.4 Å². The molecule has 1 aromatic rings. The number of anilines is 1. The zero-order valence-corrected chi connectivity index (χ0v) is 11.5. The average molecular weight is 264 g/mol. The summed E-state index contributed by atoms with van der Waals surface area (Å²) in [6.07, 6.45) is 0.849. The molecule has 0 aliphatic rings. The van der Waals surface area contributed by atoms with Crippen LogP contribution in [0.25, 0.3) is 0 Å². The van der Waals surface area contributed by atoms with Crippen molar-refractivity contribution >= 4 is 17.5 Å². The maximum atomic E-state index is 11.6. The number of benzene rings is 1. The van der Waals surface area contributed by atoms with E-state index in [0.29, 0.717) is 23.9 Å². The molecule has 0 bridgehead atoms. The second kappa shape index (κ2) is 7.41. The van der Waals surface area contributed by atoms with E-state index in [4.69, 9.17) is 4.74 Å². The van der Waals surface area contributed by atoms with Crippen LogP contribution in [0.3, 0.4) is 0 Å². The van der Waals surface area contributed by atoms with Crippen LogP contribution < -0.4 is 15.4 Å². The summed E-state index contributed by atoms with van der Waals surface area (Å²) in [7, 11) is 1.57. The number of ether oxygens (including phenoxy) is 1. The Morgan fingerprint density at radius 3 is 2.32 bits per heavy atom. The number of methoxy groups -OCH3 is 1. The summed E-state index contributed by atoms with van der Waals surface area (Å²) in [6, 6.07) is 6.79. The van der Waals surface area contributed by atoms with E-state index in [9.17, 15) is 9.59 Å². The van der Waals surface area contributed by atoms with Crippen molar-refractivity contribution in [1.82, 2.24) is 5.32 Å². The molecule has 1 rings (SSSR count). The third-order valence-corrected chi connectivity index (χ3v) is 2.56. The van der Waals surface area contributed by atoms with Crippen LogP contribution in [0.1, 0.15) is 20.3 Å². The molecule has 0 saturated heterocycles. The number of carbonyl (C=O) groups excluding carboxylic acids is 2. The first kappa shape index (κ1) is 15.0. The zero-order chi connectivity index (χ0) is 14.3. The summed E-state index contributed by atoms with van der Waals surface area (Å²) >= 11 is 0. The molecular weight excluding hydrogens is 244 g/mol. The second-order valence-electron chi connectivity index (χ2n) is 4.62. The van der Waals surface area contributed by atoms with Crippen LogP contribution in [0.15, 0.2) is 24.3 Å². The summed E-state index contributed by atoms with van der Waals surface area (Å²) in [5, 5.41) is 5.11. The molecule has 0 aliphatic carbocycles. The van der Waals surface area contributed by atoms with E-state index in [-0.39, 0.29) is 0 Å². The van der Waals surface area contributed by atoms with Gasteiger partial charge in [-0.1, -0.05) is 13.8 Å². The quantitative estimate of drug-likeness (QED) is 0.797. The molecule has 5 nitrogen and oxygen atoms in total. The molecule has 0 radical (unpaired) electrons. The summed E-state index contributed by atoms with van der Waals surface area (Å²) < 4.78 is 5.01. The van der Waals surface area contributed by atoms with Crippen molar-refractivity contribution < 1.29 is 14.3 Å². The fourth-order valence-corrected chi connectivity index (χ4v) is 1.42. The molecule has 0 spiro atoms. The van der Waals surface area contributed by atoms with Crippen molar-refractivity contribution in [1.29, 1.82) is 0 Å². The van der Waals surface area contributed by atoms with Crippen molar-refractivity contribution in [3.05, 3.63) is 24.3 Å². The van der Waals surface area contributed by atoms with Crippen LogP contribution in [-0.4, -0.2) is 25.5 Å². The standard InChI is InChI=1S/C14H20N2O3/c1-10(2)8-9-15-13(17)14(18)16-11-4-6-12(19-3)7-5-11/h4-7,10H,8-9H2,1-3H3,(H,15,17)(H,16,18). The molecule has 0 heterocycles. The minimum atomic E-state index is -0.658. The Hall–Kier alpha value is -2.04. The smallest absolute Gasteiger partial charge is 0.313 e. The number of hydrogen-bond acceptors (Lipinski definition) is 3. The number of amides is 2. The fraction of sp³-hybridized carbons (Fsp3) is 0.429. The first-order valence-electron chi connectivity index (χ1n) is 6.26. The lowest BCUT2D eigenvalue weighted by molar-refractivity contribution is -0.136. The summed E-state index contributed by atoms with van der Waals surface area (Å²) in [4.78, 5) is 23.1. The van der Waals surface area contributed by atoms with Gasteiger partial charge in [0, 0.05) is 12.2 Å². The van der Waals surface area contributed by atoms with E-state index in [0.717, 1.165) is 6.42 Å². The highest BCUT2D eigenvalue weighted by atomic mass is 16.5. The van der Waals surface area contributed by atoms with Crippen molar-refractivity contribution in [2.45, 2.75) is 20.3 Å². The van der Waals surface area contributed by atoms with Crippen molar-refractivity contribution in [3.63, 3.8) is 0 Å². The molecule has 0 aromatic heterocycles. The molecule has 19 heavy (non-hydrogen) atoms. The van der Waals surface area contributed by atoms with Crippen LogP contribution in [-0.2, 0) is 9.59 Å².